The molecule has 1 aliphatic carbocycles. The van der Waals surface area contributed by atoms with E-state index in [1.54, 1.807) is 6.26 Å². The van der Waals surface area contributed by atoms with Crippen LogP contribution in [-0.2, 0) is 6.54 Å². The van der Waals surface area contributed by atoms with Crippen LogP contribution in [0, 0.1) is 5.92 Å². The molecular weight excluding hydrogens is 329 g/mol. The first-order valence-corrected chi connectivity index (χ1v) is 5.87. The smallest absolute Gasteiger partial charge is 0.191 e. The first-order chi connectivity index (χ1) is 7.79. The average molecular weight is 349 g/mol. The van der Waals surface area contributed by atoms with Crippen molar-refractivity contribution < 1.29 is 4.42 Å². The van der Waals surface area contributed by atoms with E-state index >= 15 is 0 Å². The number of hydrogen-bond donors (Lipinski definition) is 2. The maximum atomic E-state index is 5.24. The lowest BCUT2D eigenvalue weighted by atomic mass is 10.4. The number of rotatable bonds is 4. The fourth-order valence-corrected chi connectivity index (χ4v) is 1.58. The Hall–Kier alpha value is -0.720. The standard InChI is InChI=1S/C12H19N3O.HI/c1-3-13-12(15-11-7-9(11)2)14-8-10-5-4-6-16-10;/h4-6,9,11H,3,7-8H2,1-2H3,(H2,13,14,15);1H. The van der Waals surface area contributed by atoms with Crippen molar-refractivity contribution in [2.75, 3.05) is 6.54 Å². The van der Waals surface area contributed by atoms with Gasteiger partial charge in [-0.1, -0.05) is 6.92 Å². The van der Waals surface area contributed by atoms with Crippen molar-refractivity contribution in [3.8, 4) is 0 Å². The Balaban J connectivity index is 0.00000144. The van der Waals surface area contributed by atoms with Gasteiger partial charge in [-0.25, -0.2) is 4.99 Å². The van der Waals surface area contributed by atoms with Crippen molar-refractivity contribution >= 4 is 29.9 Å². The molecular formula is C12H20IN3O. The van der Waals surface area contributed by atoms with E-state index in [2.05, 4.69) is 29.5 Å². The van der Waals surface area contributed by atoms with Gasteiger partial charge in [-0.15, -0.1) is 24.0 Å². The molecule has 1 heterocycles. The van der Waals surface area contributed by atoms with Crippen LogP contribution in [-0.4, -0.2) is 18.5 Å². The van der Waals surface area contributed by atoms with Crippen LogP contribution in [0.25, 0.3) is 0 Å². The van der Waals surface area contributed by atoms with Crippen LogP contribution in [0.15, 0.2) is 27.8 Å². The lowest BCUT2D eigenvalue weighted by Crippen LogP contribution is -2.39. The van der Waals surface area contributed by atoms with Gasteiger partial charge in [0.2, 0.25) is 0 Å². The van der Waals surface area contributed by atoms with E-state index in [1.165, 1.54) is 6.42 Å². The average Bonchev–Trinajstić information content (AvgIpc) is 2.80. The third-order valence-corrected chi connectivity index (χ3v) is 2.75. The molecule has 1 aliphatic rings. The molecule has 0 aliphatic heterocycles. The summed E-state index contributed by atoms with van der Waals surface area (Å²) in [4.78, 5) is 4.47. The second-order valence-corrected chi connectivity index (χ2v) is 4.24. The second-order valence-electron chi connectivity index (χ2n) is 4.24. The molecule has 2 unspecified atom stereocenters. The quantitative estimate of drug-likeness (QED) is 0.499. The van der Waals surface area contributed by atoms with Crippen LogP contribution in [0.2, 0.25) is 0 Å². The van der Waals surface area contributed by atoms with Crippen LogP contribution >= 0.6 is 24.0 Å². The van der Waals surface area contributed by atoms with Gasteiger partial charge >= 0.3 is 0 Å². The number of aliphatic imine (C=N–C) groups is 1. The Morgan fingerprint density at radius 3 is 2.88 bits per heavy atom. The maximum Gasteiger partial charge on any atom is 0.191 e. The highest BCUT2D eigenvalue weighted by atomic mass is 127. The molecule has 17 heavy (non-hydrogen) atoms. The number of nitrogens with zero attached hydrogens (tertiary/aromatic N) is 1. The molecule has 96 valence electrons. The first kappa shape index (κ1) is 14.3. The number of guanidine groups is 1. The Morgan fingerprint density at radius 2 is 2.35 bits per heavy atom. The van der Waals surface area contributed by atoms with Gasteiger partial charge in [-0.3, -0.25) is 0 Å². The molecule has 0 saturated heterocycles. The van der Waals surface area contributed by atoms with E-state index in [1.807, 2.05) is 12.1 Å². The van der Waals surface area contributed by atoms with Crippen LogP contribution in [0.3, 0.4) is 0 Å². The SMILES string of the molecule is CCNC(=NCc1ccco1)NC1CC1C.I. The van der Waals surface area contributed by atoms with Gasteiger partial charge in [0.1, 0.15) is 12.3 Å². The highest BCUT2D eigenvalue weighted by Crippen LogP contribution is 2.28. The molecule has 2 rings (SSSR count). The Morgan fingerprint density at radius 1 is 1.59 bits per heavy atom. The Bertz CT molecular complexity index is 351. The third-order valence-electron chi connectivity index (χ3n) is 2.75. The second kappa shape index (κ2) is 6.88. The number of halogens is 1. The van der Waals surface area contributed by atoms with Crippen molar-refractivity contribution in [1.82, 2.24) is 10.6 Å². The zero-order valence-corrected chi connectivity index (χ0v) is 12.6. The minimum Gasteiger partial charge on any atom is -0.467 e. The number of nitrogens with one attached hydrogen (secondary N) is 2. The first-order valence-electron chi connectivity index (χ1n) is 5.87. The van der Waals surface area contributed by atoms with Crippen LogP contribution in [0.4, 0.5) is 0 Å². The van der Waals surface area contributed by atoms with Crippen LogP contribution in [0.5, 0.6) is 0 Å². The van der Waals surface area contributed by atoms with Crippen molar-refractivity contribution in [1.29, 1.82) is 0 Å². The summed E-state index contributed by atoms with van der Waals surface area (Å²) in [6.07, 6.45) is 2.92. The molecule has 0 radical (unpaired) electrons. The van der Waals surface area contributed by atoms with Crippen molar-refractivity contribution in [2.45, 2.75) is 32.9 Å². The molecule has 0 aromatic carbocycles. The van der Waals surface area contributed by atoms with Crippen LogP contribution < -0.4 is 10.6 Å². The minimum absolute atomic E-state index is 0. The van der Waals surface area contributed by atoms with E-state index < -0.39 is 0 Å². The van der Waals surface area contributed by atoms with E-state index in [4.69, 9.17) is 4.42 Å². The molecule has 4 nitrogen and oxygen atoms in total. The number of furan rings is 1. The van der Waals surface area contributed by atoms with Crippen molar-refractivity contribution in [2.24, 2.45) is 10.9 Å². The van der Waals surface area contributed by atoms with Crippen molar-refractivity contribution in [3.63, 3.8) is 0 Å². The molecule has 1 saturated carbocycles. The summed E-state index contributed by atoms with van der Waals surface area (Å²) in [5.74, 6) is 2.54. The molecule has 5 heteroatoms. The predicted octanol–water partition coefficient (Wildman–Crippen LogP) is 2.36. The number of hydrogen-bond acceptors (Lipinski definition) is 2. The van der Waals surface area contributed by atoms with Gasteiger partial charge in [0, 0.05) is 12.6 Å². The van der Waals surface area contributed by atoms with Crippen molar-refractivity contribution in [3.05, 3.63) is 24.2 Å². The minimum atomic E-state index is 0. The van der Waals surface area contributed by atoms with Gasteiger partial charge in [0.25, 0.3) is 0 Å². The molecule has 0 amide bonds. The Labute approximate surface area is 119 Å². The zero-order valence-electron chi connectivity index (χ0n) is 10.3. The molecule has 2 N–H and O–H groups in total. The maximum absolute atomic E-state index is 5.24. The fraction of sp³-hybridized carbons (Fsp3) is 0.583. The third kappa shape index (κ3) is 4.57. The molecule has 1 fully saturated rings. The largest absolute Gasteiger partial charge is 0.467 e. The predicted molar refractivity (Wildman–Crippen MR) is 79.6 cm³/mol. The summed E-state index contributed by atoms with van der Waals surface area (Å²) in [5.41, 5.74) is 0. The highest BCUT2D eigenvalue weighted by Gasteiger charge is 2.33. The van der Waals surface area contributed by atoms with E-state index in [0.717, 1.165) is 24.2 Å². The van der Waals surface area contributed by atoms with Gasteiger partial charge in [-0.05, 0) is 31.4 Å². The topological polar surface area (TPSA) is 49.6 Å². The summed E-state index contributed by atoms with van der Waals surface area (Å²) in [7, 11) is 0. The molecule has 1 aromatic rings. The molecule has 0 spiro atoms. The summed E-state index contributed by atoms with van der Waals surface area (Å²) in [5, 5.41) is 6.64. The normalized spacial score (nSPS) is 22.8. The lowest BCUT2D eigenvalue weighted by molar-refractivity contribution is 0.512. The highest BCUT2D eigenvalue weighted by molar-refractivity contribution is 14.0. The lowest BCUT2D eigenvalue weighted by Gasteiger charge is -2.10. The molecule has 0 bridgehead atoms. The summed E-state index contributed by atoms with van der Waals surface area (Å²) >= 11 is 0. The van der Waals surface area contributed by atoms with Gasteiger partial charge in [0.05, 0.1) is 6.26 Å². The van der Waals surface area contributed by atoms with Gasteiger partial charge in [0.15, 0.2) is 5.96 Å². The van der Waals surface area contributed by atoms with Gasteiger partial charge < -0.3 is 15.1 Å². The van der Waals surface area contributed by atoms with Crippen LogP contribution in [0.1, 0.15) is 26.0 Å². The summed E-state index contributed by atoms with van der Waals surface area (Å²) in [6.45, 7) is 5.78. The van der Waals surface area contributed by atoms with E-state index in [0.29, 0.717) is 12.6 Å². The summed E-state index contributed by atoms with van der Waals surface area (Å²) < 4.78 is 5.24. The van der Waals surface area contributed by atoms with E-state index in [9.17, 15) is 0 Å². The van der Waals surface area contributed by atoms with Gasteiger partial charge in [-0.2, -0.15) is 0 Å². The molecule has 1 aromatic heterocycles. The monoisotopic (exact) mass is 349 g/mol. The molecule has 2 atom stereocenters. The fourth-order valence-electron chi connectivity index (χ4n) is 1.58. The Kier molecular flexibility index (Phi) is 5.80. The zero-order chi connectivity index (χ0) is 11.4. The summed E-state index contributed by atoms with van der Waals surface area (Å²) in [6, 6.07) is 4.41. The van der Waals surface area contributed by atoms with E-state index in [-0.39, 0.29) is 24.0 Å².